The van der Waals surface area contributed by atoms with Crippen molar-refractivity contribution in [2.45, 2.75) is 36.9 Å². The van der Waals surface area contributed by atoms with E-state index >= 15 is 0 Å². The molecular formula is C21H21ClN4O3S. The molecule has 30 heavy (non-hydrogen) atoms. The van der Waals surface area contributed by atoms with Gasteiger partial charge in [-0.1, -0.05) is 41.9 Å². The van der Waals surface area contributed by atoms with Crippen molar-refractivity contribution < 1.29 is 13.2 Å². The normalized spacial score (nSPS) is 13.9. The van der Waals surface area contributed by atoms with E-state index in [-0.39, 0.29) is 23.4 Å². The lowest BCUT2D eigenvalue weighted by Crippen LogP contribution is -2.26. The van der Waals surface area contributed by atoms with E-state index in [9.17, 15) is 13.2 Å². The van der Waals surface area contributed by atoms with E-state index in [0.29, 0.717) is 17.1 Å². The fourth-order valence-corrected chi connectivity index (χ4v) is 4.43. The Kier molecular flexibility index (Phi) is 5.90. The molecular weight excluding hydrogens is 424 g/mol. The fourth-order valence-electron chi connectivity index (χ4n) is 2.93. The quantitative estimate of drug-likeness (QED) is 0.558. The first-order valence-corrected chi connectivity index (χ1v) is 11.4. The van der Waals surface area contributed by atoms with Crippen molar-refractivity contribution in [3.8, 4) is 0 Å². The maximum Gasteiger partial charge on any atom is 0.254 e. The minimum Gasteiger partial charge on any atom is -0.348 e. The lowest BCUT2D eigenvalue weighted by Gasteiger charge is -2.07. The largest absolute Gasteiger partial charge is 0.348 e. The van der Waals surface area contributed by atoms with Crippen molar-refractivity contribution in [3.05, 3.63) is 82.6 Å². The average Bonchev–Trinajstić information content (AvgIpc) is 3.41. The van der Waals surface area contributed by atoms with Gasteiger partial charge in [0.15, 0.2) is 0 Å². The van der Waals surface area contributed by atoms with Crippen molar-refractivity contribution in [2.24, 2.45) is 0 Å². The maximum atomic E-state index is 12.4. The van der Waals surface area contributed by atoms with Gasteiger partial charge in [0.2, 0.25) is 10.0 Å². The highest BCUT2D eigenvalue weighted by Gasteiger charge is 2.27. The molecule has 1 aliphatic rings. The second-order valence-corrected chi connectivity index (χ2v) is 9.36. The Morgan fingerprint density at radius 2 is 1.87 bits per heavy atom. The molecule has 0 spiro atoms. The summed E-state index contributed by atoms with van der Waals surface area (Å²) in [6, 6.07) is 14.0. The van der Waals surface area contributed by atoms with Crippen molar-refractivity contribution in [1.29, 1.82) is 0 Å². The van der Waals surface area contributed by atoms with Crippen LogP contribution < -0.4 is 10.0 Å². The molecule has 156 valence electrons. The van der Waals surface area contributed by atoms with Crippen LogP contribution in [0.5, 0.6) is 0 Å². The van der Waals surface area contributed by atoms with Crippen LogP contribution in [0.3, 0.4) is 0 Å². The molecule has 1 aliphatic carbocycles. The predicted octanol–water partition coefficient (Wildman–Crippen LogP) is 2.96. The maximum absolute atomic E-state index is 12.4. The van der Waals surface area contributed by atoms with Crippen LogP contribution in [0.1, 0.15) is 34.3 Å². The minimum absolute atomic E-state index is 0.0628. The second kappa shape index (κ2) is 8.59. The lowest BCUT2D eigenvalue weighted by atomic mass is 10.2. The summed E-state index contributed by atoms with van der Waals surface area (Å²) >= 11 is 6.17. The number of aromatic nitrogens is 2. The molecule has 0 unspecified atom stereocenters. The standard InChI is InChI=1S/C21H21ClN4O3S/c22-20-4-2-1-3-16(20)13-26-14-17(12-24-26)21(27)23-11-15-5-9-19(10-6-15)30(28,29)25-18-7-8-18/h1-6,9-10,12,14,18,25H,7-8,11,13H2,(H,23,27). The molecule has 4 rings (SSSR count). The van der Waals surface area contributed by atoms with Crippen LogP contribution in [-0.4, -0.2) is 30.1 Å². The van der Waals surface area contributed by atoms with Crippen molar-refractivity contribution in [1.82, 2.24) is 19.8 Å². The molecule has 2 aromatic carbocycles. The first kappa shape index (κ1) is 20.6. The molecule has 0 saturated heterocycles. The molecule has 0 aliphatic heterocycles. The fraction of sp³-hybridized carbons (Fsp3) is 0.238. The SMILES string of the molecule is O=C(NCc1ccc(S(=O)(=O)NC2CC2)cc1)c1cnn(Cc2ccccc2Cl)c1. The predicted molar refractivity (Wildman–Crippen MR) is 114 cm³/mol. The monoisotopic (exact) mass is 444 g/mol. The number of rotatable bonds is 8. The highest BCUT2D eigenvalue weighted by molar-refractivity contribution is 7.89. The van der Waals surface area contributed by atoms with Crippen molar-refractivity contribution in [2.75, 3.05) is 0 Å². The van der Waals surface area contributed by atoms with Gasteiger partial charge >= 0.3 is 0 Å². The zero-order valence-corrected chi connectivity index (χ0v) is 17.7. The molecule has 1 heterocycles. The molecule has 9 heteroatoms. The third kappa shape index (κ3) is 5.08. The molecule has 3 aromatic rings. The van der Waals surface area contributed by atoms with Crippen LogP contribution in [0.4, 0.5) is 0 Å². The summed E-state index contributed by atoms with van der Waals surface area (Å²) in [6.07, 6.45) is 4.94. The van der Waals surface area contributed by atoms with E-state index in [1.807, 2.05) is 24.3 Å². The van der Waals surface area contributed by atoms with Gasteiger partial charge in [-0.3, -0.25) is 9.48 Å². The van der Waals surface area contributed by atoms with Crippen molar-refractivity contribution >= 4 is 27.5 Å². The van der Waals surface area contributed by atoms with Gasteiger partial charge in [0.05, 0.1) is 23.2 Å². The third-order valence-corrected chi connectivity index (χ3v) is 6.68. The van der Waals surface area contributed by atoms with Gasteiger partial charge < -0.3 is 5.32 Å². The van der Waals surface area contributed by atoms with Crippen LogP contribution in [-0.2, 0) is 23.1 Å². The number of halogens is 1. The van der Waals surface area contributed by atoms with E-state index in [1.165, 1.54) is 6.20 Å². The Bertz CT molecular complexity index is 1160. The molecule has 0 bridgehead atoms. The zero-order valence-electron chi connectivity index (χ0n) is 16.1. The van der Waals surface area contributed by atoms with Gasteiger partial charge in [-0.2, -0.15) is 5.10 Å². The average molecular weight is 445 g/mol. The minimum atomic E-state index is -3.47. The van der Waals surface area contributed by atoms with E-state index in [2.05, 4.69) is 15.1 Å². The lowest BCUT2D eigenvalue weighted by molar-refractivity contribution is 0.0951. The molecule has 1 saturated carbocycles. The van der Waals surface area contributed by atoms with Gasteiger partial charge in [-0.25, -0.2) is 13.1 Å². The number of hydrogen-bond donors (Lipinski definition) is 2. The van der Waals surface area contributed by atoms with Crippen LogP contribution >= 0.6 is 11.6 Å². The Morgan fingerprint density at radius 1 is 1.13 bits per heavy atom. The first-order valence-electron chi connectivity index (χ1n) is 9.56. The number of nitrogens with zero attached hydrogens (tertiary/aromatic N) is 2. The second-order valence-electron chi connectivity index (χ2n) is 7.24. The smallest absolute Gasteiger partial charge is 0.254 e. The van der Waals surface area contributed by atoms with E-state index in [1.54, 1.807) is 35.1 Å². The number of carbonyl (C=O) groups excluding carboxylic acids is 1. The Labute approximate surface area is 180 Å². The van der Waals surface area contributed by atoms with Crippen LogP contribution in [0.15, 0.2) is 65.8 Å². The summed E-state index contributed by atoms with van der Waals surface area (Å²) in [5.74, 6) is -0.257. The summed E-state index contributed by atoms with van der Waals surface area (Å²) in [7, 11) is -3.47. The molecule has 1 fully saturated rings. The van der Waals surface area contributed by atoms with Crippen LogP contribution in [0.2, 0.25) is 5.02 Å². The Morgan fingerprint density at radius 3 is 2.57 bits per heavy atom. The summed E-state index contributed by atoms with van der Waals surface area (Å²) in [4.78, 5) is 12.6. The Balaban J connectivity index is 1.33. The molecule has 2 N–H and O–H groups in total. The van der Waals surface area contributed by atoms with Gasteiger partial charge in [0.25, 0.3) is 5.91 Å². The summed E-state index contributed by atoms with van der Waals surface area (Å²) in [6.45, 7) is 0.753. The summed E-state index contributed by atoms with van der Waals surface area (Å²) < 4.78 is 28.7. The highest BCUT2D eigenvalue weighted by atomic mass is 35.5. The van der Waals surface area contributed by atoms with Gasteiger partial charge in [0, 0.05) is 23.8 Å². The van der Waals surface area contributed by atoms with Crippen LogP contribution in [0, 0.1) is 0 Å². The van der Waals surface area contributed by atoms with Gasteiger partial charge in [0.1, 0.15) is 0 Å². The van der Waals surface area contributed by atoms with Crippen LogP contribution in [0.25, 0.3) is 0 Å². The molecule has 7 nitrogen and oxygen atoms in total. The topological polar surface area (TPSA) is 93.1 Å². The number of nitrogens with one attached hydrogen (secondary N) is 2. The number of benzene rings is 2. The first-order chi connectivity index (χ1) is 14.4. The number of sulfonamides is 1. The molecule has 0 radical (unpaired) electrons. The van der Waals surface area contributed by atoms with Crippen molar-refractivity contribution in [3.63, 3.8) is 0 Å². The third-order valence-electron chi connectivity index (χ3n) is 4.77. The van der Waals surface area contributed by atoms with E-state index in [4.69, 9.17) is 11.6 Å². The highest BCUT2D eigenvalue weighted by Crippen LogP contribution is 2.22. The zero-order chi connectivity index (χ0) is 21.1. The number of amides is 1. The Hall–Kier alpha value is -2.68. The molecule has 0 atom stereocenters. The molecule has 1 amide bonds. The summed E-state index contributed by atoms with van der Waals surface area (Å²) in [5.41, 5.74) is 2.16. The number of hydrogen-bond acceptors (Lipinski definition) is 4. The molecule has 1 aromatic heterocycles. The summed E-state index contributed by atoms with van der Waals surface area (Å²) in [5, 5.41) is 7.69. The van der Waals surface area contributed by atoms with Gasteiger partial charge in [-0.05, 0) is 42.2 Å². The number of carbonyl (C=O) groups is 1. The van der Waals surface area contributed by atoms with E-state index in [0.717, 1.165) is 24.0 Å². The van der Waals surface area contributed by atoms with Gasteiger partial charge in [-0.15, -0.1) is 0 Å². The van der Waals surface area contributed by atoms with E-state index < -0.39 is 10.0 Å².